The van der Waals surface area contributed by atoms with Crippen LogP contribution >= 0.6 is 0 Å². The monoisotopic (exact) mass is 341 g/mol. The van der Waals surface area contributed by atoms with Crippen molar-refractivity contribution in [2.45, 2.75) is 46.1 Å². The number of hydrogen-bond acceptors (Lipinski definition) is 2. The second-order valence-electron chi connectivity index (χ2n) is 6.48. The number of unbranched alkanes of at least 4 members (excludes halogenated alkanes) is 1. The van der Waals surface area contributed by atoms with Crippen molar-refractivity contribution in [3.8, 4) is 0 Å². The molecule has 5 heteroatoms. The molecular formula is C20H31N5. The van der Waals surface area contributed by atoms with Gasteiger partial charge in [-0.15, -0.1) is 0 Å². The highest BCUT2D eigenvalue weighted by Crippen LogP contribution is 2.04. The van der Waals surface area contributed by atoms with Crippen LogP contribution in [0.4, 0.5) is 0 Å². The normalized spacial score (nSPS) is 11.6. The smallest absolute Gasteiger partial charge is 0.191 e. The Balaban J connectivity index is 1.81. The summed E-state index contributed by atoms with van der Waals surface area (Å²) < 4.78 is 1.85. The summed E-state index contributed by atoms with van der Waals surface area (Å²) in [5.41, 5.74) is 3.79. The van der Waals surface area contributed by atoms with Crippen LogP contribution in [0, 0.1) is 6.92 Å². The predicted molar refractivity (Wildman–Crippen MR) is 105 cm³/mol. The summed E-state index contributed by atoms with van der Waals surface area (Å²) in [6.07, 6.45) is 8.43. The van der Waals surface area contributed by atoms with Gasteiger partial charge in [0.2, 0.25) is 0 Å². The maximum atomic E-state index is 4.72. The van der Waals surface area contributed by atoms with Crippen LogP contribution in [0.25, 0.3) is 0 Å². The van der Waals surface area contributed by atoms with E-state index in [0.29, 0.717) is 6.54 Å². The van der Waals surface area contributed by atoms with Crippen LogP contribution in [-0.2, 0) is 20.0 Å². The number of aromatic nitrogens is 2. The molecule has 0 saturated carbocycles. The molecule has 0 radical (unpaired) electrons. The van der Waals surface area contributed by atoms with E-state index >= 15 is 0 Å². The zero-order chi connectivity index (χ0) is 17.9. The summed E-state index contributed by atoms with van der Waals surface area (Å²) in [6.45, 7) is 6.87. The maximum absolute atomic E-state index is 4.72. The molecule has 0 bridgehead atoms. The molecular weight excluding hydrogens is 310 g/mol. The van der Waals surface area contributed by atoms with Crippen molar-refractivity contribution in [2.75, 3.05) is 13.1 Å². The highest BCUT2D eigenvalue weighted by Gasteiger charge is 2.00. The molecule has 0 aliphatic rings. The standard InChI is InChI=1S/C20H31N5/c1-4-5-12-21-20(23-14-18-10-8-17(2)9-11-18)22-13-6-7-19-15-24-25(3)16-19/h8-11,15-16H,4-7,12-14H2,1-3H3,(H2,21,22,23). The third kappa shape index (κ3) is 7.42. The first-order valence-corrected chi connectivity index (χ1v) is 9.22. The third-order valence-electron chi connectivity index (χ3n) is 4.06. The van der Waals surface area contributed by atoms with Crippen LogP contribution in [0.15, 0.2) is 41.7 Å². The topological polar surface area (TPSA) is 54.2 Å². The van der Waals surface area contributed by atoms with E-state index in [1.165, 1.54) is 23.1 Å². The largest absolute Gasteiger partial charge is 0.356 e. The maximum Gasteiger partial charge on any atom is 0.191 e. The molecule has 136 valence electrons. The molecule has 0 atom stereocenters. The third-order valence-corrected chi connectivity index (χ3v) is 4.06. The van der Waals surface area contributed by atoms with Crippen LogP contribution in [0.3, 0.4) is 0 Å². The van der Waals surface area contributed by atoms with Crippen molar-refractivity contribution in [2.24, 2.45) is 12.0 Å². The minimum atomic E-state index is 0.699. The van der Waals surface area contributed by atoms with Gasteiger partial charge >= 0.3 is 0 Å². The molecule has 2 aromatic rings. The van der Waals surface area contributed by atoms with E-state index in [2.05, 4.69) is 60.0 Å². The molecule has 1 heterocycles. The number of nitrogens with zero attached hydrogens (tertiary/aromatic N) is 3. The Labute approximate surface area is 151 Å². The van der Waals surface area contributed by atoms with Crippen molar-refractivity contribution < 1.29 is 0 Å². The van der Waals surface area contributed by atoms with E-state index in [0.717, 1.165) is 38.3 Å². The number of aryl methyl sites for hydroxylation is 3. The van der Waals surface area contributed by atoms with E-state index < -0.39 is 0 Å². The lowest BCUT2D eigenvalue weighted by Crippen LogP contribution is -2.38. The second-order valence-corrected chi connectivity index (χ2v) is 6.48. The minimum Gasteiger partial charge on any atom is -0.356 e. The van der Waals surface area contributed by atoms with Crippen LogP contribution < -0.4 is 10.6 Å². The van der Waals surface area contributed by atoms with Crippen molar-refractivity contribution >= 4 is 5.96 Å². The zero-order valence-electron chi connectivity index (χ0n) is 15.8. The highest BCUT2D eigenvalue weighted by atomic mass is 15.2. The molecule has 0 unspecified atom stereocenters. The summed E-state index contributed by atoms with van der Waals surface area (Å²) in [6, 6.07) is 8.56. The van der Waals surface area contributed by atoms with Gasteiger partial charge in [-0.3, -0.25) is 4.68 Å². The van der Waals surface area contributed by atoms with Gasteiger partial charge in [0.15, 0.2) is 5.96 Å². The Hall–Kier alpha value is -2.30. The first-order valence-electron chi connectivity index (χ1n) is 9.22. The zero-order valence-corrected chi connectivity index (χ0v) is 15.8. The molecule has 0 saturated heterocycles. The molecule has 5 nitrogen and oxygen atoms in total. The highest BCUT2D eigenvalue weighted by molar-refractivity contribution is 5.79. The predicted octanol–water partition coefficient (Wildman–Crippen LogP) is 3.20. The summed E-state index contributed by atoms with van der Waals surface area (Å²) in [5.74, 6) is 0.903. The Morgan fingerprint density at radius 1 is 1.08 bits per heavy atom. The lowest BCUT2D eigenvalue weighted by Gasteiger charge is -2.12. The van der Waals surface area contributed by atoms with Gasteiger partial charge in [0, 0.05) is 26.3 Å². The van der Waals surface area contributed by atoms with Crippen LogP contribution in [0.1, 0.15) is 42.9 Å². The van der Waals surface area contributed by atoms with Crippen LogP contribution in [0.2, 0.25) is 0 Å². The van der Waals surface area contributed by atoms with Crippen LogP contribution in [-0.4, -0.2) is 28.8 Å². The van der Waals surface area contributed by atoms with Crippen molar-refractivity contribution in [1.82, 2.24) is 20.4 Å². The molecule has 0 amide bonds. The summed E-state index contributed by atoms with van der Waals surface area (Å²) in [5, 5.41) is 11.1. The molecule has 2 rings (SSSR count). The van der Waals surface area contributed by atoms with Crippen molar-refractivity contribution in [3.63, 3.8) is 0 Å². The SMILES string of the molecule is CCCCNC(=NCc1ccc(C)cc1)NCCCc1cnn(C)c1. The average Bonchev–Trinajstić information content (AvgIpc) is 3.02. The van der Waals surface area contributed by atoms with Crippen molar-refractivity contribution in [1.29, 1.82) is 0 Å². The van der Waals surface area contributed by atoms with Gasteiger partial charge in [-0.2, -0.15) is 5.10 Å². The van der Waals surface area contributed by atoms with Gasteiger partial charge in [0.05, 0.1) is 12.7 Å². The molecule has 0 spiro atoms. The molecule has 25 heavy (non-hydrogen) atoms. The molecule has 1 aromatic carbocycles. The van der Waals surface area contributed by atoms with Crippen LogP contribution in [0.5, 0.6) is 0 Å². The minimum absolute atomic E-state index is 0.699. The fourth-order valence-corrected chi connectivity index (χ4v) is 2.52. The first kappa shape index (κ1) is 19.0. The molecule has 0 fully saturated rings. The summed E-state index contributed by atoms with van der Waals surface area (Å²) in [4.78, 5) is 4.72. The number of rotatable bonds is 9. The Morgan fingerprint density at radius 2 is 1.80 bits per heavy atom. The van der Waals surface area contributed by atoms with Gasteiger partial charge in [0.1, 0.15) is 0 Å². The van der Waals surface area contributed by atoms with E-state index in [1.54, 1.807) is 0 Å². The van der Waals surface area contributed by atoms with Gasteiger partial charge in [-0.1, -0.05) is 43.2 Å². The van der Waals surface area contributed by atoms with Gasteiger partial charge in [-0.25, -0.2) is 4.99 Å². The molecule has 0 aliphatic carbocycles. The summed E-state index contributed by atoms with van der Waals surface area (Å²) in [7, 11) is 1.95. The van der Waals surface area contributed by atoms with Gasteiger partial charge in [0.25, 0.3) is 0 Å². The van der Waals surface area contributed by atoms with Gasteiger partial charge in [-0.05, 0) is 37.3 Å². The Bertz CT molecular complexity index is 642. The fourth-order valence-electron chi connectivity index (χ4n) is 2.52. The van der Waals surface area contributed by atoms with E-state index in [-0.39, 0.29) is 0 Å². The number of benzene rings is 1. The number of nitrogens with one attached hydrogen (secondary N) is 2. The quantitative estimate of drug-likeness (QED) is 0.418. The molecule has 2 N–H and O–H groups in total. The van der Waals surface area contributed by atoms with Crippen molar-refractivity contribution in [3.05, 3.63) is 53.3 Å². The number of aliphatic imine (C=N–C) groups is 1. The Morgan fingerprint density at radius 3 is 2.44 bits per heavy atom. The fraction of sp³-hybridized carbons (Fsp3) is 0.500. The lowest BCUT2D eigenvalue weighted by atomic mass is 10.1. The average molecular weight is 342 g/mol. The lowest BCUT2D eigenvalue weighted by molar-refractivity contribution is 0.706. The number of guanidine groups is 1. The Kier molecular flexibility index (Phi) is 8.02. The first-order chi connectivity index (χ1) is 12.2. The summed E-state index contributed by atoms with van der Waals surface area (Å²) >= 11 is 0. The molecule has 1 aromatic heterocycles. The second kappa shape index (κ2) is 10.5. The van der Waals surface area contributed by atoms with E-state index in [1.807, 2.05) is 17.9 Å². The van der Waals surface area contributed by atoms with E-state index in [9.17, 15) is 0 Å². The number of hydrogen-bond donors (Lipinski definition) is 2. The molecule has 0 aliphatic heterocycles. The van der Waals surface area contributed by atoms with Gasteiger partial charge < -0.3 is 10.6 Å². The van der Waals surface area contributed by atoms with E-state index in [4.69, 9.17) is 4.99 Å².